The Labute approximate surface area is 108 Å². The quantitative estimate of drug-likeness (QED) is 0.928. The van der Waals surface area contributed by atoms with Crippen LogP contribution in [-0.4, -0.2) is 4.98 Å². The van der Waals surface area contributed by atoms with Gasteiger partial charge in [-0.15, -0.1) is 0 Å². The molecule has 2 aromatic rings. The molecule has 0 atom stereocenters. The second-order valence-electron chi connectivity index (χ2n) is 3.80. The summed E-state index contributed by atoms with van der Waals surface area (Å²) in [5, 5.41) is 3.14. The SMILES string of the molecule is Cc1ccc(CNc2ccc(Br)cn2)cc1F. The van der Waals surface area contributed by atoms with Gasteiger partial charge in [-0.1, -0.05) is 12.1 Å². The minimum Gasteiger partial charge on any atom is -0.366 e. The Morgan fingerprint density at radius 1 is 1.29 bits per heavy atom. The van der Waals surface area contributed by atoms with Crippen LogP contribution in [0.5, 0.6) is 0 Å². The van der Waals surface area contributed by atoms with Crippen molar-refractivity contribution in [2.24, 2.45) is 0 Å². The molecule has 2 nitrogen and oxygen atoms in total. The van der Waals surface area contributed by atoms with E-state index in [-0.39, 0.29) is 5.82 Å². The maximum atomic E-state index is 13.3. The van der Waals surface area contributed by atoms with Gasteiger partial charge < -0.3 is 5.32 Å². The Morgan fingerprint density at radius 3 is 2.76 bits per heavy atom. The first kappa shape index (κ1) is 12.0. The summed E-state index contributed by atoms with van der Waals surface area (Å²) in [6.45, 7) is 2.31. The van der Waals surface area contributed by atoms with E-state index >= 15 is 0 Å². The molecule has 88 valence electrons. The number of aromatic nitrogens is 1. The predicted octanol–water partition coefficient (Wildman–Crippen LogP) is 3.90. The van der Waals surface area contributed by atoms with Crippen LogP contribution < -0.4 is 5.32 Å². The number of benzene rings is 1. The largest absolute Gasteiger partial charge is 0.366 e. The number of hydrogen-bond acceptors (Lipinski definition) is 2. The van der Waals surface area contributed by atoms with Crippen molar-refractivity contribution in [3.05, 3.63) is 57.9 Å². The van der Waals surface area contributed by atoms with Crippen LogP contribution in [0, 0.1) is 12.7 Å². The fourth-order valence-corrected chi connectivity index (χ4v) is 1.65. The van der Waals surface area contributed by atoms with E-state index in [9.17, 15) is 4.39 Å². The van der Waals surface area contributed by atoms with Crippen molar-refractivity contribution in [2.45, 2.75) is 13.5 Å². The van der Waals surface area contributed by atoms with E-state index in [0.29, 0.717) is 12.1 Å². The van der Waals surface area contributed by atoms with Gasteiger partial charge in [-0.05, 0) is 52.2 Å². The van der Waals surface area contributed by atoms with Crippen LogP contribution in [0.2, 0.25) is 0 Å². The summed E-state index contributed by atoms with van der Waals surface area (Å²) in [4.78, 5) is 4.18. The first-order valence-corrected chi connectivity index (χ1v) is 6.05. The van der Waals surface area contributed by atoms with Crippen molar-refractivity contribution >= 4 is 21.7 Å². The molecule has 4 heteroatoms. The number of rotatable bonds is 3. The summed E-state index contributed by atoms with van der Waals surface area (Å²) < 4.78 is 14.2. The Balaban J connectivity index is 2.02. The molecule has 0 spiro atoms. The molecular weight excluding hydrogens is 283 g/mol. The number of nitrogens with one attached hydrogen (secondary N) is 1. The van der Waals surface area contributed by atoms with Crippen LogP contribution in [-0.2, 0) is 6.54 Å². The number of halogens is 2. The van der Waals surface area contributed by atoms with Gasteiger partial charge in [-0.2, -0.15) is 0 Å². The molecule has 1 N–H and O–H groups in total. The molecule has 0 radical (unpaired) electrons. The Hall–Kier alpha value is -1.42. The van der Waals surface area contributed by atoms with Gasteiger partial charge in [-0.3, -0.25) is 0 Å². The van der Waals surface area contributed by atoms with E-state index in [1.807, 2.05) is 18.2 Å². The standard InChI is InChI=1S/C13H12BrFN2/c1-9-2-3-10(6-12(9)15)7-16-13-5-4-11(14)8-17-13/h2-6,8H,7H2,1H3,(H,16,17). The minimum atomic E-state index is -0.173. The van der Waals surface area contributed by atoms with Gasteiger partial charge in [-0.25, -0.2) is 9.37 Å². The van der Waals surface area contributed by atoms with Crippen LogP contribution >= 0.6 is 15.9 Å². The van der Waals surface area contributed by atoms with E-state index in [1.54, 1.807) is 25.3 Å². The van der Waals surface area contributed by atoms with Crippen molar-refractivity contribution in [3.8, 4) is 0 Å². The second-order valence-corrected chi connectivity index (χ2v) is 4.71. The molecule has 0 bridgehead atoms. The number of aryl methyl sites for hydroxylation is 1. The molecule has 0 aliphatic rings. The van der Waals surface area contributed by atoms with Gasteiger partial charge in [0, 0.05) is 17.2 Å². The van der Waals surface area contributed by atoms with E-state index in [0.717, 1.165) is 15.9 Å². The fourth-order valence-electron chi connectivity index (χ4n) is 1.42. The first-order valence-electron chi connectivity index (χ1n) is 5.25. The summed E-state index contributed by atoms with van der Waals surface area (Å²) >= 11 is 3.32. The Kier molecular flexibility index (Phi) is 3.74. The molecule has 0 aliphatic heterocycles. The van der Waals surface area contributed by atoms with Crippen LogP contribution in [0.15, 0.2) is 41.0 Å². The van der Waals surface area contributed by atoms with Crippen LogP contribution in [0.4, 0.5) is 10.2 Å². The van der Waals surface area contributed by atoms with Crippen molar-refractivity contribution < 1.29 is 4.39 Å². The molecule has 1 heterocycles. The molecule has 0 fully saturated rings. The number of pyridine rings is 1. The molecule has 0 unspecified atom stereocenters. The van der Waals surface area contributed by atoms with E-state index < -0.39 is 0 Å². The van der Waals surface area contributed by atoms with Gasteiger partial charge in [0.1, 0.15) is 11.6 Å². The maximum Gasteiger partial charge on any atom is 0.126 e. The summed E-state index contributed by atoms with van der Waals surface area (Å²) in [7, 11) is 0. The van der Waals surface area contributed by atoms with Crippen molar-refractivity contribution in [2.75, 3.05) is 5.32 Å². The highest BCUT2D eigenvalue weighted by molar-refractivity contribution is 9.10. The first-order chi connectivity index (χ1) is 8.15. The second kappa shape index (κ2) is 5.27. The highest BCUT2D eigenvalue weighted by Gasteiger charge is 2.00. The molecule has 1 aromatic carbocycles. The molecule has 0 aliphatic carbocycles. The fraction of sp³-hybridized carbons (Fsp3) is 0.154. The smallest absolute Gasteiger partial charge is 0.126 e. The molecule has 0 saturated carbocycles. The topological polar surface area (TPSA) is 24.9 Å². The normalized spacial score (nSPS) is 10.3. The number of hydrogen-bond donors (Lipinski definition) is 1. The van der Waals surface area contributed by atoms with E-state index in [4.69, 9.17) is 0 Å². The van der Waals surface area contributed by atoms with Crippen LogP contribution in [0.25, 0.3) is 0 Å². The third kappa shape index (κ3) is 3.27. The molecule has 0 saturated heterocycles. The third-order valence-corrected chi connectivity index (χ3v) is 2.91. The lowest BCUT2D eigenvalue weighted by Gasteiger charge is -2.06. The maximum absolute atomic E-state index is 13.3. The Morgan fingerprint density at radius 2 is 2.12 bits per heavy atom. The monoisotopic (exact) mass is 294 g/mol. The average molecular weight is 295 g/mol. The predicted molar refractivity (Wildman–Crippen MR) is 70.4 cm³/mol. The molecule has 2 rings (SSSR count). The summed E-state index contributed by atoms with van der Waals surface area (Å²) in [6.07, 6.45) is 1.72. The van der Waals surface area contributed by atoms with Crippen molar-refractivity contribution in [1.29, 1.82) is 0 Å². The zero-order chi connectivity index (χ0) is 12.3. The highest BCUT2D eigenvalue weighted by atomic mass is 79.9. The van der Waals surface area contributed by atoms with Gasteiger partial charge in [0.25, 0.3) is 0 Å². The summed E-state index contributed by atoms with van der Waals surface area (Å²) in [5.74, 6) is 0.599. The number of anilines is 1. The average Bonchev–Trinajstić information content (AvgIpc) is 2.33. The third-order valence-electron chi connectivity index (χ3n) is 2.44. The molecule has 0 amide bonds. The van der Waals surface area contributed by atoms with Gasteiger partial charge >= 0.3 is 0 Å². The van der Waals surface area contributed by atoms with Crippen molar-refractivity contribution in [3.63, 3.8) is 0 Å². The number of nitrogens with zero attached hydrogens (tertiary/aromatic N) is 1. The van der Waals surface area contributed by atoms with E-state index in [1.165, 1.54) is 0 Å². The minimum absolute atomic E-state index is 0.173. The molecular formula is C13H12BrFN2. The van der Waals surface area contributed by atoms with E-state index in [2.05, 4.69) is 26.2 Å². The summed E-state index contributed by atoms with van der Waals surface area (Å²) in [6, 6.07) is 9.01. The van der Waals surface area contributed by atoms with Gasteiger partial charge in [0.05, 0.1) is 0 Å². The van der Waals surface area contributed by atoms with Gasteiger partial charge in [0.2, 0.25) is 0 Å². The molecule has 17 heavy (non-hydrogen) atoms. The lowest BCUT2D eigenvalue weighted by Crippen LogP contribution is -2.01. The zero-order valence-electron chi connectivity index (χ0n) is 9.37. The van der Waals surface area contributed by atoms with Crippen molar-refractivity contribution in [1.82, 2.24) is 4.98 Å². The molecule has 1 aromatic heterocycles. The zero-order valence-corrected chi connectivity index (χ0v) is 11.0. The van der Waals surface area contributed by atoms with Crippen LogP contribution in [0.1, 0.15) is 11.1 Å². The lowest BCUT2D eigenvalue weighted by atomic mass is 10.1. The highest BCUT2D eigenvalue weighted by Crippen LogP contribution is 2.13. The lowest BCUT2D eigenvalue weighted by molar-refractivity contribution is 0.616. The summed E-state index contributed by atoms with van der Waals surface area (Å²) in [5.41, 5.74) is 1.56. The van der Waals surface area contributed by atoms with Gasteiger partial charge in [0.15, 0.2) is 0 Å². The Bertz CT molecular complexity index is 511. The van der Waals surface area contributed by atoms with Crippen LogP contribution in [0.3, 0.4) is 0 Å².